The highest BCUT2D eigenvalue weighted by molar-refractivity contribution is 5.32. The number of hydrogen-bond acceptors (Lipinski definition) is 1. The Morgan fingerprint density at radius 2 is 2.05 bits per heavy atom. The lowest BCUT2D eigenvalue weighted by molar-refractivity contribution is -0.140. The van der Waals surface area contributed by atoms with Gasteiger partial charge in [0.15, 0.2) is 0 Å². The molecule has 2 atom stereocenters. The Kier molecular flexibility index (Phi) is 3.60. The molecule has 1 aliphatic rings. The molecule has 19 heavy (non-hydrogen) atoms. The summed E-state index contributed by atoms with van der Waals surface area (Å²) in [5.74, 6) is -1.37. The Morgan fingerprint density at radius 3 is 2.63 bits per heavy atom. The van der Waals surface area contributed by atoms with E-state index in [1.54, 1.807) is 0 Å². The quantitative estimate of drug-likeness (QED) is 0.801. The van der Waals surface area contributed by atoms with Crippen molar-refractivity contribution < 1.29 is 22.7 Å². The normalized spacial score (nSPS) is 27.8. The summed E-state index contributed by atoms with van der Waals surface area (Å²) >= 11 is 0. The van der Waals surface area contributed by atoms with Crippen LogP contribution < -0.4 is 0 Å². The number of hydrogen-bond donors (Lipinski definition) is 1. The number of alkyl halides is 3. The monoisotopic (exact) mass is 276 g/mol. The van der Waals surface area contributed by atoms with Crippen LogP contribution in [0.5, 0.6) is 0 Å². The first-order chi connectivity index (χ1) is 8.79. The second-order valence-corrected chi connectivity index (χ2v) is 5.11. The van der Waals surface area contributed by atoms with E-state index in [1.807, 2.05) is 6.92 Å². The highest BCUT2D eigenvalue weighted by atomic mass is 19.4. The molecule has 0 aromatic heterocycles. The van der Waals surface area contributed by atoms with Crippen molar-refractivity contribution >= 4 is 0 Å². The Morgan fingerprint density at radius 1 is 1.37 bits per heavy atom. The first-order valence-corrected chi connectivity index (χ1v) is 6.38. The van der Waals surface area contributed by atoms with Crippen LogP contribution in [0.25, 0.3) is 0 Å². The molecule has 1 aliphatic carbocycles. The molecule has 1 nitrogen and oxygen atoms in total. The molecule has 0 bridgehead atoms. The summed E-state index contributed by atoms with van der Waals surface area (Å²) in [6.45, 7) is 1.90. The van der Waals surface area contributed by atoms with E-state index in [2.05, 4.69) is 0 Å². The van der Waals surface area contributed by atoms with Gasteiger partial charge in [0.25, 0.3) is 0 Å². The SMILES string of the molecule is CCC1CCCC1(O)c1ccc(F)c(C(F)(F)F)c1. The Balaban J connectivity index is 2.46. The molecule has 106 valence electrons. The highest BCUT2D eigenvalue weighted by Gasteiger charge is 2.43. The van der Waals surface area contributed by atoms with Crippen LogP contribution in [0.3, 0.4) is 0 Å². The van der Waals surface area contributed by atoms with E-state index in [9.17, 15) is 22.7 Å². The third-order valence-electron chi connectivity index (χ3n) is 4.05. The summed E-state index contributed by atoms with van der Waals surface area (Å²) in [6, 6.07) is 2.81. The standard InChI is InChI=1S/C14H16F4O/c1-2-9-4-3-7-13(9,19)10-5-6-12(15)11(8-10)14(16,17)18/h5-6,8-9,19H,2-4,7H2,1H3. The zero-order chi connectivity index (χ0) is 14.3. The lowest BCUT2D eigenvalue weighted by Crippen LogP contribution is -2.30. The minimum Gasteiger partial charge on any atom is -0.385 e. The minimum absolute atomic E-state index is 0.0703. The van der Waals surface area contributed by atoms with Crippen molar-refractivity contribution in [3.63, 3.8) is 0 Å². The topological polar surface area (TPSA) is 20.2 Å². The van der Waals surface area contributed by atoms with Gasteiger partial charge in [-0.2, -0.15) is 13.2 Å². The molecular formula is C14H16F4O. The fourth-order valence-corrected chi connectivity index (χ4v) is 2.99. The van der Waals surface area contributed by atoms with Gasteiger partial charge in [0, 0.05) is 0 Å². The van der Waals surface area contributed by atoms with Gasteiger partial charge in [-0.3, -0.25) is 0 Å². The Labute approximate surface area is 109 Å². The summed E-state index contributed by atoms with van der Waals surface area (Å²) in [7, 11) is 0. The molecule has 2 rings (SSSR count). The highest BCUT2D eigenvalue weighted by Crippen LogP contribution is 2.46. The molecule has 2 unspecified atom stereocenters. The van der Waals surface area contributed by atoms with E-state index in [1.165, 1.54) is 6.07 Å². The van der Waals surface area contributed by atoms with Crippen LogP contribution in [-0.4, -0.2) is 5.11 Å². The maximum absolute atomic E-state index is 13.3. The largest absolute Gasteiger partial charge is 0.419 e. The predicted octanol–water partition coefficient (Wildman–Crippen LogP) is 4.24. The van der Waals surface area contributed by atoms with Gasteiger partial charge in [0.1, 0.15) is 5.82 Å². The van der Waals surface area contributed by atoms with Crippen molar-refractivity contribution in [3.05, 3.63) is 35.1 Å². The summed E-state index contributed by atoms with van der Waals surface area (Å²) in [6.07, 6.45) is -2.07. The molecule has 0 spiro atoms. The molecule has 0 radical (unpaired) electrons. The van der Waals surface area contributed by atoms with Gasteiger partial charge in [-0.25, -0.2) is 4.39 Å². The smallest absolute Gasteiger partial charge is 0.385 e. The first-order valence-electron chi connectivity index (χ1n) is 6.38. The lowest BCUT2D eigenvalue weighted by Gasteiger charge is -2.30. The molecule has 0 aliphatic heterocycles. The van der Waals surface area contributed by atoms with Crippen molar-refractivity contribution in [1.29, 1.82) is 0 Å². The number of aliphatic hydroxyl groups is 1. The van der Waals surface area contributed by atoms with Crippen LogP contribution in [0.2, 0.25) is 0 Å². The van der Waals surface area contributed by atoms with Gasteiger partial charge in [-0.1, -0.05) is 19.4 Å². The molecule has 0 amide bonds. The van der Waals surface area contributed by atoms with Crippen LogP contribution in [0.4, 0.5) is 17.6 Å². The van der Waals surface area contributed by atoms with E-state index < -0.39 is 23.2 Å². The molecule has 1 fully saturated rings. The van der Waals surface area contributed by atoms with Crippen LogP contribution in [-0.2, 0) is 11.8 Å². The van der Waals surface area contributed by atoms with Gasteiger partial charge in [-0.05, 0) is 42.9 Å². The lowest BCUT2D eigenvalue weighted by atomic mass is 9.82. The molecular weight excluding hydrogens is 260 g/mol. The van der Waals surface area contributed by atoms with Crippen LogP contribution >= 0.6 is 0 Å². The van der Waals surface area contributed by atoms with Crippen LogP contribution in [0.15, 0.2) is 18.2 Å². The number of benzene rings is 1. The molecule has 0 saturated heterocycles. The van der Waals surface area contributed by atoms with Gasteiger partial charge in [0.05, 0.1) is 11.2 Å². The first kappa shape index (κ1) is 14.3. The van der Waals surface area contributed by atoms with Crippen molar-refractivity contribution in [2.45, 2.75) is 44.4 Å². The van der Waals surface area contributed by atoms with Crippen molar-refractivity contribution in [2.24, 2.45) is 5.92 Å². The fraction of sp³-hybridized carbons (Fsp3) is 0.571. The fourth-order valence-electron chi connectivity index (χ4n) is 2.99. The average molecular weight is 276 g/mol. The van der Waals surface area contributed by atoms with Crippen molar-refractivity contribution in [1.82, 2.24) is 0 Å². The zero-order valence-corrected chi connectivity index (χ0v) is 10.6. The minimum atomic E-state index is -4.74. The second kappa shape index (κ2) is 4.78. The Hall–Kier alpha value is -1.10. The van der Waals surface area contributed by atoms with Gasteiger partial charge in [0.2, 0.25) is 0 Å². The molecule has 1 aromatic carbocycles. The van der Waals surface area contributed by atoms with Gasteiger partial charge in [-0.15, -0.1) is 0 Å². The molecule has 1 N–H and O–H groups in total. The van der Waals surface area contributed by atoms with Crippen molar-refractivity contribution in [2.75, 3.05) is 0 Å². The van der Waals surface area contributed by atoms with E-state index in [0.717, 1.165) is 25.0 Å². The van der Waals surface area contributed by atoms with Crippen molar-refractivity contribution in [3.8, 4) is 0 Å². The number of rotatable bonds is 2. The maximum atomic E-state index is 13.3. The van der Waals surface area contributed by atoms with E-state index in [-0.39, 0.29) is 11.5 Å². The molecule has 0 heterocycles. The molecule has 1 saturated carbocycles. The van der Waals surface area contributed by atoms with Gasteiger partial charge >= 0.3 is 6.18 Å². The van der Waals surface area contributed by atoms with Crippen LogP contribution in [0, 0.1) is 11.7 Å². The third kappa shape index (κ3) is 2.48. The Bertz CT molecular complexity index is 469. The van der Waals surface area contributed by atoms with E-state index >= 15 is 0 Å². The maximum Gasteiger partial charge on any atom is 0.419 e. The number of halogens is 4. The summed E-state index contributed by atoms with van der Waals surface area (Å²) in [5, 5.41) is 10.6. The predicted molar refractivity (Wildman–Crippen MR) is 62.9 cm³/mol. The molecule has 5 heteroatoms. The summed E-state index contributed by atoms with van der Waals surface area (Å²) in [4.78, 5) is 0. The summed E-state index contributed by atoms with van der Waals surface area (Å²) < 4.78 is 51.3. The summed E-state index contributed by atoms with van der Waals surface area (Å²) in [5.41, 5.74) is -2.40. The second-order valence-electron chi connectivity index (χ2n) is 5.11. The average Bonchev–Trinajstić information content (AvgIpc) is 2.70. The van der Waals surface area contributed by atoms with E-state index in [4.69, 9.17) is 0 Å². The third-order valence-corrected chi connectivity index (χ3v) is 4.05. The molecule has 1 aromatic rings. The van der Waals surface area contributed by atoms with E-state index in [0.29, 0.717) is 12.8 Å². The van der Waals surface area contributed by atoms with Gasteiger partial charge < -0.3 is 5.11 Å². The zero-order valence-electron chi connectivity index (χ0n) is 10.6. The van der Waals surface area contributed by atoms with Crippen LogP contribution in [0.1, 0.15) is 43.7 Å².